The smallest absolute Gasteiger partial charge is 0.311 e. The predicted octanol–water partition coefficient (Wildman–Crippen LogP) is 0.857. The summed E-state index contributed by atoms with van der Waals surface area (Å²) in [6.45, 7) is 16.0. The molecule has 14 nitrogen and oxygen atoms in total. The van der Waals surface area contributed by atoms with Crippen molar-refractivity contribution in [3.63, 3.8) is 0 Å². The van der Waals surface area contributed by atoms with Crippen LogP contribution in [0.5, 0.6) is 0 Å². The van der Waals surface area contributed by atoms with Crippen molar-refractivity contribution in [2.75, 3.05) is 27.7 Å². The number of nitrogens with zero attached hydrogens (tertiary/aromatic N) is 2. The Morgan fingerprint density at radius 2 is 1.56 bits per heavy atom. The lowest BCUT2D eigenvalue weighted by molar-refractivity contribution is -0.311. The molecule has 0 radical (unpaired) electrons. The third-order valence-electron chi connectivity index (χ3n) is 11.4. The van der Waals surface area contributed by atoms with E-state index < -0.39 is 96.5 Å². The molecule has 3 aliphatic rings. The number of carbonyl (C=O) groups is 1. The molecular formula is C36H68N2O12. The summed E-state index contributed by atoms with van der Waals surface area (Å²) in [4.78, 5) is 17.9. The van der Waals surface area contributed by atoms with Crippen molar-refractivity contribution in [2.24, 2.45) is 17.8 Å². The number of likely N-dealkylation sites (N-methyl/N-ethyl adjacent to an activating group) is 2. The molecule has 0 saturated carbocycles. The summed E-state index contributed by atoms with van der Waals surface area (Å²) in [5.74, 6) is -2.69. The Labute approximate surface area is 299 Å². The zero-order valence-corrected chi connectivity index (χ0v) is 32.3. The second-order valence-corrected chi connectivity index (χ2v) is 16.3. The zero-order chi connectivity index (χ0) is 38.0. The number of cyclic esters (lactones) is 1. The number of esters is 1. The Balaban J connectivity index is 2.14. The van der Waals surface area contributed by atoms with Crippen LogP contribution in [0.2, 0.25) is 0 Å². The van der Waals surface area contributed by atoms with Crippen molar-refractivity contribution in [1.29, 1.82) is 0 Å². The fraction of sp³-hybridized carbons (Fsp3) is 0.972. The minimum atomic E-state index is -1.81. The summed E-state index contributed by atoms with van der Waals surface area (Å²) in [7, 11) is 5.57. The molecule has 10 unspecified atom stereocenters. The van der Waals surface area contributed by atoms with Crippen LogP contribution in [-0.2, 0) is 28.5 Å². The van der Waals surface area contributed by atoms with Crippen molar-refractivity contribution in [1.82, 2.24) is 9.80 Å². The Morgan fingerprint density at radius 3 is 2.12 bits per heavy atom. The minimum Gasteiger partial charge on any atom is -0.459 e. The average molecular weight is 721 g/mol. The molecule has 6 N–H and O–H groups in total. The van der Waals surface area contributed by atoms with Crippen molar-refractivity contribution >= 4 is 5.97 Å². The molecule has 3 fully saturated rings. The lowest BCUT2D eigenvalue weighted by atomic mass is 9.77. The Bertz CT molecular complexity index is 1070. The van der Waals surface area contributed by atoms with E-state index in [2.05, 4.69) is 0 Å². The molecule has 294 valence electrons. The first kappa shape index (κ1) is 43.4. The van der Waals surface area contributed by atoms with Crippen LogP contribution in [0, 0.1) is 17.8 Å². The molecule has 0 aromatic carbocycles. The van der Waals surface area contributed by atoms with Crippen molar-refractivity contribution in [3.8, 4) is 0 Å². The molecule has 3 rings (SSSR count). The van der Waals surface area contributed by atoms with Gasteiger partial charge in [-0.15, -0.1) is 0 Å². The largest absolute Gasteiger partial charge is 0.459 e. The van der Waals surface area contributed by atoms with E-state index in [1.807, 2.05) is 44.8 Å². The number of hydrogen-bond acceptors (Lipinski definition) is 14. The monoisotopic (exact) mass is 720 g/mol. The van der Waals surface area contributed by atoms with Gasteiger partial charge in [-0.3, -0.25) is 4.79 Å². The maximum atomic E-state index is 14.1. The van der Waals surface area contributed by atoms with Gasteiger partial charge in [0, 0.05) is 31.0 Å². The van der Waals surface area contributed by atoms with Crippen LogP contribution in [0.15, 0.2) is 0 Å². The summed E-state index contributed by atoms with van der Waals surface area (Å²) >= 11 is 0. The molecule has 3 saturated heterocycles. The van der Waals surface area contributed by atoms with Gasteiger partial charge < -0.3 is 64.1 Å². The Morgan fingerprint density at radius 1 is 0.940 bits per heavy atom. The lowest BCUT2D eigenvalue weighted by Crippen LogP contribution is -2.60. The number of aliphatic hydroxyl groups is 6. The predicted molar refractivity (Wildman–Crippen MR) is 185 cm³/mol. The first-order valence-corrected chi connectivity index (χ1v) is 18.4. The molecule has 3 aliphatic heterocycles. The average Bonchev–Trinajstić information content (AvgIpc) is 3.02. The van der Waals surface area contributed by atoms with Gasteiger partial charge in [-0.25, -0.2) is 0 Å². The fourth-order valence-electron chi connectivity index (χ4n) is 8.25. The third-order valence-corrected chi connectivity index (χ3v) is 11.4. The highest BCUT2D eigenvalue weighted by molar-refractivity contribution is 5.73. The maximum Gasteiger partial charge on any atom is 0.311 e. The van der Waals surface area contributed by atoms with E-state index >= 15 is 0 Å². The highest BCUT2D eigenvalue weighted by atomic mass is 16.7. The molecule has 3 heterocycles. The van der Waals surface area contributed by atoms with Gasteiger partial charge in [0.25, 0.3) is 0 Å². The molecule has 0 amide bonds. The van der Waals surface area contributed by atoms with Gasteiger partial charge in [0.15, 0.2) is 12.6 Å². The maximum absolute atomic E-state index is 14.1. The summed E-state index contributed by atoms with van der Waals surface area (Å²) in [5, 5.41) is 67.9. The van der Waals surface area contributed by atoms with Gasteiger partial charge in [-0.05, 0) is 87.9 Å². The van der Waals surface area contributed by atoms with E-state index in [0.717, 1.165) is 0 Å². The number of hydrogen-bond donors (Lipinski definition) is 6. The SMILES string of the molecule is CC[C@H]1OC(=O)[C@H](C)C(OC2CC(O)C(O)C(C)O2)[C@H](C)C(OC2OC(C)CC(N(C)C)C2O)[C@](C)(O)C[C@@H](C)CN(C)[C@H](C)[C@@H](O)[C@]1(C)O. The second kappa shape index (κ2) is 17.4. The van der Waals surface area contributed by atoms with Crippen LogP contribution < -0.4 is 0 Å². The molecule has 18 atom stereocenters. The van der Waals surface area contributed by atoms with E-state index in [1.165, 1.54) is 6.92 Å². The minimum absolute atomic E-state index is 0.0787. The summed E-state index contributed by atoms with van der Waals surface area (Å²) in [6.07, 6.45) is -10.1. The van der Waals surface area contributed by atoms with Crippen LogP contribution in [0.4, 0.5) is 0 Å². The summed E-state index contributed by atoms with van der Waals surface area (Å²) in [5.41, 5.74) is -3.38. The second-order valence-electron chi connectivity index (χ2n) is 16.3. The van der Waals surface area contributed by atoms with E-state index in [9.17, 15) is 35.4 Å². The molecule has 50 heavy (non-hydrogen) atoms. The number of aliphatic hydroxyl groups excluding tert-OH is 4. The first-order valence-electron chi connectivity index (χ1n) is 18.4. The molecule has 0 bridgehead atoms. The molecule has 14 heteroatoms. The van der Waals surface area contributed by atoms with Crippen molar-refractivity contribution in [3.05, 3.63) is 0 Å². The lowest BCUT2D eigenvalue weighted by Gasteiger charge is -2.47. The zero-order valence-electron chi connectivity index (χ0n) is 32.3. The van der Waals surface area contributed by atoms with Gasteiger partial charge in [0.2, 0.25) is 0 Å². The van der Waals surface area contributed by atoms with Crippen molar-refractivity contribution in [2.45, 2.75) is 179 Å². The van der Waals surface area contributed by atoms with Gasteiger partial charge >= 0.3 is 5.97 Å². The van der Waals surface area contributed by atoms with E-state index in [1.54, 1.807) is 41.5 Å². The fourth-order valence-corrected chi connectivity index (χ4v) is 8.25. The number of carbonyl (C=O) groups excluding carboxylic acids is 1. The van der Waals surface area contributed by atoms with Gasteiger partial charge in [0.05, 0.1) is 42.0 Å². The van der Waals surface area contributed by atoms with Crippen LogP contribution in [0.3, 0.4) is 0 Å². The van der Waals surface area contributed by atoms with Gasteiger partial charge in [-0.2, -0.15) is 0 Å². The van der Waals surface area contributed by atoms with Crippen molar-refractivity contribution < 1.29 is 59.1 Å². The molecule has 0 spiro atoms. The standard InChI is InChI=1S/C36H68N2O12/c1-13-26-36(9,45)31(42)22(6)38(12)17-18(2)16-35(8,44)32(50-34-29(41)24(37(10)11)14-19(3)46-34)20(4)30(21(5)33(43)48-26)49-27-15-25(39)28(40)23(7)47-27/h18-32,34,39-42,44-45H,13-17H2,1-12H3/t18-,19?,20+,21-,22-,23?,24?,25?,26-,27?,28?,29?,30?,31-,32?,34?,35-,36-/m1/s1. The topological polar surface area (TPSA) is 191 Å². The number of rotatable bonds is 6. The Kier molecular flexibility index (Phi) is 15.1. The summed E-state index contributed by atoms with van der Waals surface area (Å²) < 4.78 is 31.2. The molecule has 0 aliphatic carbocycles. The highest BCUT2D eigenvalue weighted by Crippen LogP contribution is 2.38. The quantitative estimate of drug-likeness (QED) is 0.212. The third kappa shape index (κ3) is 9.94. The first-order chi connectivity index (χ1) is 23.0. The molecular weight excluding hydrogens is 652 g/mol. The highest BCUT2D eigenvalue weighted by Gasteiger charge is 2.51. The van der Waals surface area contributed by atoms with Crippen LogP contribution >= 0.6 is 0 Å². The van der Waals surface area contributed by atoms with Gasteiger partial charge in [0.1, 0.15) is 30.0 Å². The normalized spacial score (nSPS) is 49.6. The van der Waals surface area contributed by atoms with Crippen LogP contribution in [0.1, 0.15) is 88.0 Å². The van der Waals surface area contributed by atoms with Crippen LogP contribution in [0.25, 0.3) is 0 Å². The number of ether oxygens (including phenoxy) is 5. The summed E-state index contributed by atoms with van der Waals surface area (Å²) in [6, 6.07) is -0.825. The molecule has 0 aromatic rings. The van der Waals surface area contributed by atoms with E-state index in [0.29, 0.717) is 13.0 Å². The van der Waals surface area contributed by atoms with Gasteiger partial charge in [-0.1, -0.05) is 20.8 Å². The Hall–Kier alpha value is -1.01. The van der Waals surface area contributed by atoms with E-state index in [-0.39, 0.29) is 37.3 Å². The van der Waals surface area contributed by atoms with Crippen LogP contribution in [-0.4, -0.2) is 165 Å². The van der Waals surface area contributed by atoms with E-state index in [4.69, 9.17) is 23.7 Å². The molecule has 0 aromatic heterocycles.